The normalized spacial score (nSPS) is 16.6. The summed E-state index contributed by atoms with van der Waals surface area (Å²) in [7, 11) is -3.16. The zero-order valence-corrected chi connectivity index (χ0v) is 26.0. The molecule has 1 heterocycles. The Balaban J connectivity index is 0.000000337. The van der Waals surface area contributed by atoms with Crippen molar-refractivity contribution in [1.82, 2.24) is 9.62 Å². The molecule has 0 spiro atoms. The Labute approximate surface area is 246 Å². The van der Waals surface area contributed by atoms with E-state index in [9.17, 15) is 26.4 Å². The lowest BCUT2D eigenvalue weighted by Crippen LogP contribution is -2.45. The molecule has 0 radical (unpaired) electrons. The summed E-state index contributed by atoms with van der Waals surface area (Å²) in [4.78, 5) is 14.7. The largest absolute Gasteiger partial charge is 0.417 e. The number of aryl methyl sites for hydroxylation is 2. The van der Waals surface area contributed by atoms with Crippen LogP contribution < -0.4 is 4.72 Å². The Hall–Kier alpha value is -1.65. The van der Waals surface area contributed by atoms with Crippen molar-refractivity contribution in [2.45, 2.75) is 77.4 Å². The van der Waals surface area contributed by atoms with Gasteiger partial charge < -0.3 is 4.90 Å². The van der Waals surface area contributed by atoms with Gasteiger partial charge in [-0.25, -0.2) is 13.1 Å². The summed E-state index contributed by atoms with van der Waals surface area (Å²) in [5.74, 6) is 0.146. The fraction of sp³-hybridized carbons (Fsp3) is 0.552. The summed E-state index contributed by atoms with van der Waals surface area (Å²) in [5, 5.41) is 0.470. The molecule has 224 valence electrons. The number of halogens is 5. The molecule has 0 bridgehead atoms. The highest BCUT2D eigenvalue weighted by atomic mass is 35.5. The van der Waals surface area contributed by atoms with E-state index in [2.05, 4.69) is 9.62 Å². The van der Waals surface area contributed by atoms with E-state index >= 15 is 0 Å². The van der Waals surface area contributed by atoms with E-state index < -0.39 is 27.2 Å². The fourth-order valence-electron chi connectivity index (χ4n) is 4.70. The number of hydrogen-bond donors (Lipinski definition) is 1. The Morgan fingerprint density at radius 3 is 2.17 bits per heavy atom. The lowest BCUT2D eigenvalue weighted by atomic mass is 9.75. The smallest absolute Gasteiger partial charge is 0.303 e. The molecule has 2 aromatic rings. The minimum atomic E-state index is -4.36. The molecule has 1 aliphatic rings. The maximum absolute atomic E-state index is 12.4. The minimum absolute atomic E-state index is 0.0133. The number of nitrogens with zero attached hydrogens (tertiary/aromatic N) is 1. The van der Waals surface area contributed by atoms with Crippen LogP contribution in [0.1, 0.15) is 68.7 Å². The van der Waals surface area contributed by atoms with E-state index in [0.717, 1.165) is 62.5 Å². The number of Topliss-reactive ketones (excluding diaryl/α,β-unsaturated/α-hetero) is 1. The van der Waals surface area contributed by atoms with Crippen molar-refractivity contribution in [2.24, 2.45) is 0 Å². The molecule has 1 aliphatic heterocycles. The first-order chi connectivity index (χ1) is 18.5. The summed E-state index contributed by atoms with van der Waals surface area (Å²) in [6.45, 7) is 9.99. The fourth-order valence-corrected chi connectivity index (χ4v) is 5.89. The molecule has 2 aromatic carbocycles. The highest BCUT2D eigenvalue weighted by Crippen LogP contribution is 2.35. The topological polar surface area (TPSA) is 66.5 Å². The lowest BCUT2D eigenvalue weighted by molar-refractivity contribution is -0.137. The number of alkyl halides is 3. The van der Waals surface area contributed by atoms with Gasteiger partial charge in [0, 0.05) is 11.1 Å². The molecule has 3 rings (SSSR count). The van der Waals surface area contributed by atoms with Gasteiger partial charge in [-0.2, -0.15) is 13.2 Å². The molecule has 0 aliphatic carbocycles. The number of sulfonamides is 1. The Morgan fingerprint density at radius 1 is 1.07 bits per heavy atom. The quantitative estimate of drug-likeness (QED) is 0.321. The second-order valence-electron chi connectivity index (χ2n) is 10.7. The zero-order chi connectivity index (χ0) is 30.3. The van der Waals surface area contributed by atoms with Gasteiger partial charge in [-0.1, -0.05) is 54.7 Å². The summed E-state index contributed by atoms with van der Waals surface area (Å²) >= 11 is 11.6. The Kier molecular flexibility index (Phi) is 12.5. The molecule has 5 nitrogen and oxygen atoms in total. The van der Waals surface area contributed by atoms with Gasteiger partial charge in [0.05, 0.1) is 22.3 Å². The monoisotopic (exact) mass is 622 g/mol. The van der Waals surface area contributed by atoms with Crippen LogP contribution in [-0.4, -0.2) is 51.0 Å². The molecule has 0 amide bonds. The van der Waals surface area contributed by atoms with Gasteiger partial charge in [0.25, 0.3) is 0 Å². The van der Waals surface area contributed by atoms with Crippen LogP contribution in [0, 0.1) is 6.92 Å². The molecule has 0 aromatic heterocycles. The first kappa shape index (κ1) is 34.6. The molecule has 11 heteroatoms. The van der Waals surface area contributed by atoms with E-state index in [-0.39, 0.29) is 16.8 Å². The number of ketones is 1. The molecule has 1 saturated heterocycles. The Bertz CT molecular complexity index is 1260. The maximum atomic E-state index is 12.4. The molecular weight excluding hydrogens is 584 g/mol. The number of rotatable bonds is 9. The van der Waals surface area contributed by atoms with Crippen molar-refractivity contribution in [3.05, 3.63) is 68.7 Å². The lowest BCUT2D eigenvalue weighted by Gasteiger charge is -2.35. The number of benzene rings is 2. The number of nitrogens with one attached hydrogen (secondary N) is 1. The van der Waals surface area contributed by atoms with Gasteiger partial charge in [0.2, 0.25) is 10.0 Å². The highest BCUT2D eigenvalue weighted by molar-refractivity contribution is 7.88. The zero-order valence-electron chi connectivity index (χ0n) is 23.7. The number of carbonyl (C=O) groups excluding carboxylic acids is 1. The van der Waals surface area contributed by atoms with E-state index in [1.54, 1.807) is 13.0 Å². The number of carbonyl (C=O) groups is 1. The number of likely N-dealkylation sites (tertiary alicyclic amines) is 1. The first-order valence-corrected chi connectivity index (χ1v) is 15.9. The summed E-state index contributed by atoms with van der Waals surface area (Å²) in [6.07, 6.45) is 0.618. The molecular formula is C29H39Cl2F3N2O3S. The molecule has 1 fully saturated rings. The van der Waals surface area contributed by atoms with Crippen molar-refractivity contribution in [2.75, 3.05) is 25.9 Å². The third-order valence-electron chi connectivity index (χ3n) is 7.34. The van der Waals surface area contributed by atoms with Crippen LogP contribution in [-0.2, 0) is 32.8 Å². The molecule has 1 N–H and O–H groups in total. The minimum Gasteiger partial charge on any atom is -0.303 e. The van der Waals surface area contributed by atoms with E-state index in [0.29, 0.717) is 17.0 Å². The summed E-state index contributed by atoms with van der Waals surface area (Å²) in [6, 6.07) is 9.86. The average molecular weight is 624 g/mol. The van der Waals surface area contributed by atoms with Gasteiger partial charge in [-0.3, -0.25) is 4.79 Å². The van der Waals surface area contributed by atoms with Crippen LogP contribution in [0.4, 0.5) is 13.2 Å². The van der Waals surface area contributed by atoms with Gasteiger partial charge in [0.1, 0.15) is 5.78 Å². The van der Waals surface area contributed by atoms with Crippen LogP contribution in [0.2, 0.25) is 10.0 Å². The molecule has 40 heavy (non-hydrogen) atoms. The van der Waals surface area contributed by atoms with Crippen molar-refractivity contribution in [3.8, 4) is 0 Å². The SMILES string of the molecule is CC(=O)C(C)(CCN1CCC(NS(C)(=O)=O)CC1)c1ccc(Cl)c(C)c1.CCCc1ccc(Cl)c(C(F)(F)F)c1. The van der Waals surface area contributed by atoms with Crippen LogP contribution >= 0.6 is 23.2 Å². The standard InChI is InChI=1S/C19H29ClN2O3S.C10H10ClF3/c1-14-13-16(5-6-18(14)20)19(3,15(2)23)9-12-22-10-7-17(8-11-22)21-26(4,24)25;1-2-3-7-4-5-9(11)8(6-7)10(12,13)14/h5-6,13,17,21H,7-12H2,1-4H3;4-6H,2-3H2,1H3. The summed E-state index contributed by atoms with van der Waals surface area (Å²) in [5.41, 5.74) is 1.36. The van der Waals surface area contributed by atoms with Crippen molar-refractivity contribution < 1.29 is 26.4 Å². The van der Waals surface area contributed by atoms with Gasteiger partial charge in [0.15, 0.2) is 0 Å². The number of piperidine rings is 1. The third kappa shape index (κ3) is 10.3. The molecule has 0 saturated carbocycles. The van der Waals surface area contributed by atoms with Crippen LogP contribution in [0.5, 0.6) is 0 Å². The first-order valence-electron chi connectivity index (χ1n) is 13.3. The van der Waals surface area contributed by atoms with Gasteiger partial charge >= 0.3 is 6.18 Å². The molecule has 1 unspecified atom stereocenters. The maximum Gasteiger partial charge on any atom is 0.417 e. The second kappa shape index (κ2) is 14.5. The van der Waals surface area contributed by atoms with Crippen LogP contribution in [0.15, 0.2) is 36.4 Å². The van der Waals surface area contributed by atoms with E-state index in [4.69, 9.17) is 23.2 Å². The van der Waals surface area contributed by atoms with Crippen molar-refractivity contribution in [3.63, 3.8) is 0 Å². The average Bonchev–Trinajstić information content (AvgIpc) is 2.85. The van der Waals surface area contributed by atoms with Crippen molar-refractivity contribution in [1.29, 1.82) is 0 Å². The predicted octanol–water partition coefficient (Wildman–Crippen LogP) is 7.21. The van der Waals surface area contributed by atoms with Gasteiger partial charge in [-0.15, -0.1) is 0 Å². The summed E-state index contributed by atoms with van der Waals surface area (Å²) < 4.78 is 62.5. The van der Waals surface area contributed by atoms with Crippen LogP contribution in [0.3, 0.4) is 0 Å². The van der Waals surface area contributed by atoms with E-state index in [1.807, 2.05) is 39.0 Å². The van der Waals surface area contributed by atoms with Crippen molar-refractivity contribution >= 4 is 39.0 Å². The second-order valence-corrected chi connectivity index (χ2v) is 13.3. The van der Waals surface area contributed by atoms with Crippen LogP contribution in [0.25, 0.3) is 0 Å². The number of hydrogen-bond acceptors (Lipinski definition) is 4. The third-order valence-corrected chi connectivity index (χ3v) is 8.86. The predicted molar refractivity (Wildman–Crippen MR) is 157 cm³/mol. The highest BCUT2D eigenvalue weighted by Gasteiger charge is 2.34. The molecule has 1 atom stereocenters. The van der Waals surface area contributed by atoms with Gasteiger partial charge in [-0.05, 0) is 101 Å². The Morgan fingerprint density at radius 2 is 1.68 bits per heavy atom. The van der Waals surface area contributed by atoms with E-state index in [1.165, 1.54) is 12.3 Å².